The standard InChI is InChI=1S/C42H68N3O13P/c1-6-23-52-29-32-55-26-9-10-37(46)15-18-42(19-16-39(47)43-21-27-56-33-30-53-24-7-2,20-17-40(48)44-22-28-57-34-31-54-25-8-3)45-41(49)36-11-13-38(14-12-36)58-59(50,51)35(4)5/h1-3,35-36,38H,9-34H2,4-5H3,(H,43,47)(H,44,48)(H,45,49)(H,50,51)/p-1. The van der Waals surface area contributed by atoms with E-state index in [9.17, 15) is 28.6 Å². The van der Waals surface area contributed by atoms with Crippen LogP contribution in [0.1, 0.15) is 90.9 Å². The molecule has 0 heterocycles. The van der Waals surface area contributed by atoms with Crippen LogP contribution in [0.5, 0.6) is 0 Å². The highest BCUT2D eigenvalue weighted by Gasteiger charge is 2.37. The van der Waals surface area contributed by atoms with Crippen molar-refractivity contribution in [2.24, 2.45) is 5.92 Å². The minimum atomic E-state index is -4.04. The molecule has 1 saturated carbocycles. The average molecular weight is 853 g/mol. The summed E-state index contributed by atoms with van der Waals surface area (Å²) in [4.78, 5) is 65.8. The molecule has 0 spiro atoms. The summed E-state index contributed by atoms with van der Waals surface area (Å²) in [6.45, 7) is 6.95. The van der Waals surface area contributed by atoms with E-state index in [1.54, 1.807) is 13.8 Å². The fraction of sp³-hybridized carbons (Fsp3) is 0.762. The Bertz CT molecular complexity index is 1270. The van der Waals surface area contributed by atoms with Crippen LogP contribution in [0, 0.1) is 42.9 Å². The second kappa shape index (κ2) is 33.4. The number of carbonyl (C=O) groups is 4. The van der Waals surface area contributed by atoms with Gasteiger partial charge in [0.1, 0.15) is 33.2 Å². The maximum absolute atomic E-state index is 14.0. The van der Waals surface area contributed by atoms with Crippen molar-refractivity contribution < 1.29 is 61.6 Å². The molecule has 1 unspecified atom stereocenters. The zero-order valence-corrected chi connectivity index (χ0v) is 36.0. The number of carbonyl (C=O) groups excluding carboxylic acids is 4. The number of amides is 3. The number of ether oxygens (including phenoxy) is 6. The van der Waals surface area contributed by atoms with Gasteiger partial charge in [-0.1, -0.05) is 31.6 Å². The van der Waals surface area contributed by atoms with Gasteiger partial charge >= 0.3 is 0 Å². The fourth-order valence-electron chi connectivity index (χ4n) is 6.02. The van der Waals surface area contributed by atoms with Crippen molar-refractivity contribution in [1.29, 1.82) is 0 Å². The predicted octanol–water partition coefficient (Wildman–Crippen LogP) is 2.30. The van der Waals surface area contributed by atoms with E-state index >= 15 is 0 Å². The third-order valence-electron chi connectivity index (χ3n) is 9.46. The third kappa shape index (κ3) is 27.2. The summed E-state index contributed by atoms with van der Waals surface area (Å²) in [7, 11) is -4.04. The first-order valence-corrected chi connectivity index (χ1v) is 22.1. The molecule has 59 heavy (non-hydrogen) atoms. The van der Waals surface area contributed by atoms with Crippen molar-refractivity contribution in [2.45, 2.75) is 108 Å². The molecule has 0 aliphatic heterocycles. The second-order valence-electron chi connectivity index (χ2n) is 14.4. The first-order valence-electron chi connectivity index (χ1n) is 20.5. The van der Waals surface area contributed by atoms with Crippen molar-refractivity contribution in [3.05, 3.63) is 0 Å². The SMILES string of the molecule is C#CCOCCOCCCC(=O)CCC(CCC(=O)NCCOCCOCC#C)(CCC(=O)NCCOCCOCC#C)NC(=O)C1CCC(OP(=O)([O-])C(C)C)CC1. The number of rotatable bonds is 36. The number of hydrogen-bond acceptors (Lipinski definition) is 13. The van der Waals surface area contributed by atoms with E-state index in [4.69, 9.17) is 52.2 Å². The van der Waals surface area contributed by atoms with Gasteiger partial charge in [-0.2, -0.15) is 0 Å². The Hall–Kier alpha value is -3.33. The van der Waals surface area contributed by atoms with E-state index < -0.39 is 30.8 Å². The minimum absolute atomic E-state index is 0.00110. The Morgan fingerprint density at radius 2 is 1.10 bits per heavy atom. The highest BCUT2D eigenvalue weighted by atomic mass is 31.2. The molecule has 17 heteroatoms. The molecule has 1 atom stereocenters. The summed E-state index contributed by atoms with van der Waals surface area (Å²) in [6, 6.07) is 0. The normalized spacial score (nSPS) is 16.3. The molecule has 334 valence electrons. The summed E-state index contributed by atoms with van der Waals surface area (Å²) in [5.41, 5.74) is -1.76. The van der Waals surface area contributed by atoms with Crippen LogP contribution in [0.2, 0.25) is 0 Å². The van der Waals surface area contributed by atoms with Crippen LogP contribution in [0.4, 0.5) is 0 Å². The molecule has 0 saturated heterocycles. The van der Waals surface area contributed by atoms with Crippen LogP contribution in [-0.4, -0.2) is 133 Å². The van der Waals surface area contributed by atoms with Gasteiger partial charge in [-0.25, -0.2) is 0 Å². The quantitative estimate of drug-likeness (QED) is 0.0471. The summed E-state index contributed by atoms with van der Waals surface area (Å²) in [5.74, 6) is 5.75. The first kappa shape index (κ1) is 53.7. The minimum Gasteiger partial charge on any atom is -0.778 e. The van der Waals surface area contributed by atoms with E-state index in [0.717, 1.165) is 0 Å². The van der Waals surface area contributed by atoms with Gasteiger partial charge in [-0.05, 0) is 51.4 Å². The van der Waals surface area contributed by atoms with Gasteiger partial charge in [-0.3, -0.25) is 19.2 Å². The average Bonchev–Trinajstić information content (AvgIpc) is 3.21. The lowest BCUT2D eigenvalue weighted by atomic mass is 9.80. The zero-order valence-electron chi connectivity index (χ0n) is 35.1. The molecule has 3 N–H and O–H groups in total. The maximum atomic E-state index is 14.0. The molecule has 0 bridgehead atoms. The van der Waals surface area contributed by atoms with Gasteiger partial charge in [0.25, 0.3) is 0 Å². The second-order valence-corrected chi connectivity index (χ2v) is 16.8. The Morgan fingerprint density at radius 1 is 0.661 bits per heavy atom. The highest BCUT2D eigenvalue weighted by molar-refractivity contribution is 7.52. The van der Waals surface area contributed by atoms with Crippen LogP contribution in [0.25, 0.3) is 0 Å². The lowest BCUT2D eigenvalue weighted by Gasteiger charge is -2.38. The van der Waals surface area contributed by atoms with Gasteiger partial charge in [0.05, 0.1) is 59.0 Å². The van der Waals surface area contributed by atoms with E-state index in [1.807, 2.05) is 0 Å². The first-order chi connectivity index (χ1) is 28.4. The van der Waals surface area contributed by atoms with Crippen LogP contribution in [-0.2, 0) is 56.7 Å². The number of terminal acetylenes is 3. The molecule has 1 aliphatic carbocycles. The van der Waals surface area contributed by atoms with Crippen molar-refractivity contribution in [3.63, 3.8) is 0 Å². The van der Waals surface area contributed by atoms with E-state index in [1.165, 1.54) is 0 Å². The zero-order chi connectivity index (χ0) is 43.6. The maximum Gasteiger partial charge on any atom is 0.223 e. The molecule has 1 fully saturated rings. The Balaban J connectivity index is 3.05. The molecule has 3 amide bonds. The highest BCUT2D eigenvalue weighted by Crippen LogP contribution is 2.46. The van der Waals surface area contributed by atoms with Gasteiger partial charge in [0.2, 0.25) is 17.7 Å². The molecule has 16 nitrogen and oxygen atoms in total. The number of Topliss-reactive ketones (excluding diaryl/α,β-unsaturated/α-hetero) is 1. The van der Waals surface area contributed by atoms with Gasteiger partial charge < -0.3 is 58.4 Å². The van der Waals surface area contributed by atoms with E-state index in [2.05, 4.69) is 33.7 Å². The fourth-order valence-corrected chi connectivity index (χ4v) is 6.89. The summed E-state index contributed by atoms with van der Waals surface area (Å²) in [6.07, 6.45) is 17.8. The molecule has 0 radical (unpaired) electrons. The lowest BCUT2D eigenvalue weighted by molar-refractivity contribution is -0.205. The van der Waals surface area contributed by atoms with Crippen LogP contribution in [0.3, 0.4) is 0 Å². The molecule has 0 aromatic rings. The van der Waals surface area contributed by atoms with Crippen molar-refractivity contribution >= 4 is 31.1 Å². The van der Waals surface area contributed by atoms with Crippen LogP contribution < -0.4 is 20.8 Å². The predicted molar refractivity (Wildman–Crippen MR) is 220 cm³/mol. The molecular weight excluding hydrogens is 785 g/mol. The molecule has 0 aromatic carbocycles. The Labute approximate surface area is 351 Å². The molecule has 1 aliphatic rings. The van der Waals surface area contributed by atoms with Crippen LogP contribution >= 0.6 is 7.60 Å². The third-order valence-corrected chi connectivity index (χ3v) is 11.3. The van der Waals surface area contributed by atoms with Crippen molar-refractivity contribution in [2.75, 3.05) is 92.4 Å². The summed E-state index contributed by atoms with van der Waals surface area (Å²) >= 11 is 0. The number of ketones is 1. The lowest BCUT2D eigenvalue weighted by Crippen LogP contribution is -2.52. The number of nitrogens with one attached hydrogen (secondary N) is 3. The van der Waals surface area contributed by atoms with Crippen LogP contribution in [0.15, 0.2) is 0 Å². The van der Waals surface area contributed by atoms with Crippen molar-refractivity contribution in [3.8, 4) is 37.0 Å². The molecular formula is C42H67N3O13P-. The van der Waals surface area contributed by atoms with E-state index in [0.29, 0.717) is 78.4 Å². The largest absolute Gasteiger partial charge is 0.778 e. The van der Waals surface area contributed by atoms with Crippen molar-refractivity contribution in [1.82, 2.24) is 16.0 Å². The number of hydrogen-bond donors (Lipinski definition) is 3. The van der Waals surface area contributed by atoms with E-state index in [-0.39, 0.29) is 115 Å². The van der Waals surface area contributed by atoms with Gasteiger partial charge in [0.15, 0.2) is 0 Å². The smallest absolute Gasteiger partial charge is 0.223 e. The summed E-state index contributed by atoms with van der Waals surface area (Å²) in [5, 5.41) is 8.83. The Morgan fingerprint density at radius 3 is 1.56 bits per heavy atom. The molecule has 1 rings (SSSR count). The topological polar surface area (TPSA) is 209 Å². The molecule has 0 aromatic heterocycles. The van der Waals surface area contributed by atoms with Gasteiger partial charge in [0, 0.05) is 62.5 Å². The Kier molecular flexibility index (Phi) is 30.4. The monoisotopic (exact) mass is 852 g/mol. The van der Waals surface area contributed by atoms with Gasteiger partial charge in [-0.15, -0.1) is 19.3 Å². The summed E-state index contributed by atoms with van der Waals surface area (Å²) < 4.78 is 49.9.